The summed E-state index contributed by atoms with van der Waals surface area (Å²) in [5.74, 6) is 0.865. The van der Waals surface area contributed by atoms with Crippen LogP contribution in [0, 0.1) is 11.3 Å². The number of nitrogens with one attached hydrogen (secondary N) is 1. The van der Waals surface area contributed by atoms with Crippen LogP contribution in [0.5, 0.6) is 0 Å². The van der Waals surface area contributed by atoms with Gasteiger partial charge in [0.05, 0.1) is 0 Å². The number of likely N-dealkylation sites (tertiary alicyclic amines) is 1. The van der Waals surface area contributed by atoms with Gasteiger partial charge in [0.15, 0.2) is 0 Å². The Morgan fingerprint density at radius 2 is 1.31 bits per heavy atom. The van der Waals surface area contributed by atoms with E-state index in [0.717, 1.165) is 19.0 Å². The molecule has 3 saturated heterocycles. The Labute approximate surface area is 181 Å². The molecule has 0 aromatic heterocycles. The van der Waals surface area contributed by atoms with Crippen LogP contribution >= 0.6 is 0 Å². The van der Waals surface area contributed by atoms with E-state index in [0.29, 0.717) is 17.0 Å². The monoisotopic (exact) mass is 407 g/mol. The zero-order valence-electron chi connectivity index (χ0n) is 20.3. The Morgan fingerprint density at radius 3 is 1.86 bits per heavy atom. The largest absolute Gasteiger partial charge is 0.314 e. The molecule has 3 heterocycles. The van der Waals surface area contributed by atoms with E-state index in [1.807, 2.05) is 0 Å². The van der Waals surface area contributed by atoms with Crippen LogP contribution in [-0.4, -0.2) is 110 Å². The van der Waals surface area contributed by atoms with E-state index in [1.54, 1.807) is 0 Å². The van der Waals surface area contributed by atoms with Crippen LogP contribution in [0.15, 0.2) is 0 Å². The molecule has 0 amide bonds. The smallest absolute Gasteiger partial charge is 0.0281 e. The highest BCUT2D eigenvalue weighted by atomic mass is 15.3. The van der Waals surface area contributed by atoms with E-state index in [1.165, 1.54) is 78.3 Å². The highest BCUT2D eigenvalue weighted by Crippen LogP contribution is 2.36. The van der Waals surface area contributed by atoms with Gasteiger partial charge in [-0.1, -0.05) is 13.8 Å². The normalized spacial score (nSPS) is 25.8. The highest BCUT2D eigenvalue weighted by molar-refractivity contribution is 4.92. The third kappa shape index (κ3) is 6.39. The lowest BCUT2D eigenvalue weighted by Crippen LogP contribution is -2.58. The SMILES string of the molecule is CC(C)N1CCN(CC(C)(C)C2CCN(CC(C)(C)N3CCNCC3)CC2)CC1. The van der Waals surface area contributed by atoms with E-state index in [9.17, 15) is 0 Å². The van der Waals surface area contributed by atoms with Crippen LogP contribution in [0.25, 0.3) is 0 Å². The second kappa shape index (κ2) is 9.95. The van der Waals surface area contributed by atoms with Gasteiger partial charge in [-0.15, -0.1) is 0 Å². The number of hydrogen-bond donors (Lipinski definition) is 1. The van der Waals surface area contributed by atoms with Crippen molar-refractivity contribution < 1.29 is 0 Å². The van der Waals surface area contributed by atoms with Crippen molar-refractivity contribution in [3.63, 3.8) is 0 Å². The lowest BCUT2D eigenvalue weighted by atomic mass is 9.73. The zero-order chi connectivity index (χ0) is 21.1. The molecular weight excluding hydrogens is 358 g/mol. The van der Waals surface area contributed by atoms with Crippen LogP contribution in [0.4, 0.5) is 0 Å². The summed E-state index contributed by atoms with van der Waals surface area (Å²) in [5, 5.41) is 3.49. The van der Waals surface area contributed by atoms with E-state index < -0.39 is 0 Å². The zero-order valence-corrected chi connectivity index (χ0v) is 20.3. The van der Waals surface area contributed by atoms with Crippen molar-refractivity contribution in [2.45, 2.75) is 66.0 Å². The fourth-order valence-electron chi connectivity index (χ4n) is 5.93. The molecule has 0 bridgehead atoms. The molecule has 29 heavy (non-hydrogen) atoms. The molecule has 3 fully saturated rings. The minimum atomic E-state index is 0.292. The van der Waals surface area contributed by atoms with Crippen LogP contribution < -0.4 is 5.32 Å². The maximum atomic E-state index is 3.49. The Bertz CT molecular complexity index is 481. The molecule has 0 radical (unpaired) electrons. The van der Waals surface area contributed by atoms with Crippen molar-refractivity contribution in [3.05, 3.63) is 0 Å². The van der Waals surface area contributed by atoms with Crippen LogP contribution in [-0.2, 0) is 0 Å². The molecule has 0 saturated carbocycles. The van der Waals surface area contributed by atoms with Gasteiger partial charge < -0.3 is 15.1 Å². The molecule has 5 nitrogen and oxygen atoms in total. The summed E-state index contributed by atoms with van der Waals surface area (Å²) in [7, 11) is 0. The second-order valence-corrected chi connectivity index (χ2v) is 11.5. The van der Waals surface area contributed by atoms with Crippen molar-refractivity contribution in [3.8, 4) is 0 Å². The summed E-state index contributed by atoms with van der Waals surface area (Å²) in [6.45, 7) is 29.4. The van der Waals surface area contributed by atoms with Crippen LogP contribution in [0.3, 0.4) is 0 Å². The Morgan fingerprint density at radius 1 is 0.759 bits per heavy atom. The number of piperidine rings is 1. The summed E-state index contributed by atoms with van der Waals surface area (Å²) in [6, 6.07) is 0.694. The quantitative estimate of drug-likeness (QED) is 0.699. The van der Waals surface area contributed by atoms with Crippen molar-refractivity contribution in [2.75, 3.05) is 78.5 Å². The first-order valence-electron chi connectivity index (χ1n) is 12.3. The molecular formula is C24H49N5. The molecule has 3 aliphatic heterocycles. The first kappa shape index (κ1) is 23.5. The van der Waals surface area contributed by atoms with Crippen molar-refractivity contribution in [2.24, 2.45) is 11.3 Å². The van der Waals surface area contributed by atoms with Gasteiger partial charge in [-0.3, -0.25) is 9.80 Å². The number of hydrogen-bond acceptors (Lipinski definition) is 5. The van der Waals surface area contributed by atoms with E-state index in [4.69, 9.17) is 0 Å². The summed E-state index contributed by atoms with van der Waals surface area (Å²) in [6.07, 6.45) is 2.74. The lowest BCUT2D eigenvalue weighted by molar-refractivity contribution is 0.0167. The van der Waals surface area contributed by atoms with Gasteiger partial charge in [-0.05, 0) is 65.0 Å². The Hall–Kier alpha value is -0.200. The minimum Gasteiger partial charge on any atom is -0.314 e. The third-order valence-electron chi connectivity index (χ3n) is 8.04. The molecule has 0 spiro atoms. The number of nitrogens with zero attached hydrogens (tertiary/aromatic N) is 4. The maximum absolute atomic E-state index is 3.49. The van der Waals surface area contributed by atoms with Gasteiger partial charge in [-0.25, -0.2) is 0 Å². The van der Waals surface area contributed by atoms with E-state index >= 15 is 0 Å². The van der Waals surface area contributed by atoms with Gasteiger partial charge in [0.1, 0.15) is 0 Å². The molecule has 3 aliphatic rings. The van der Waals surface area contributed by atoms with Crippen molar-refractivity contribution in [1.29, 1.82) is 0 Å². The summed E-state index contributed by atoms with van der Waals surface area (Å²) >= 11 is 0. The molecule has 0 aromatic carbocycles. The molecule has 0 unspecified atom stereocenters. The van der Waals surface area contributed by atoms with Gasteiger partial charge in [0.25, 0.3) is 0 Å². The second-order valence-electron chi connectivity index (χ2n) is 11.5. The fraction of sp³-hybridized carbons (Fsp3) is 1.00. The molecule has 0 aliphatic carbocycles. The first-order valence-corrected chi connectivity index (χ1v) is 12.3. The maximum Gasteiger partial charge on any atom is 0.0281 e. The molecule has 0 aromatic rings. The van der Waals surface area contributed by atoms with E-state index in [2.05, 4.69) is 66.5 Å². The van der Waals surface area contributed by atoms with Crippen molar-refractivity contribution in [1.82, 2.24) is 24.9 Å². The van der Waals surface area contributed by atoms with Gasteiger partial charge in [0.2, 0.25) is 0 Å². The predicted molar refractivity (Wildman–Crippen MR) is 125 cm³/mol. The Balaban J connectivity index is 1.43. The predicted octanol–water partition coefficient (Wildman–Crippen LogP) is 2.43. The first-order chi connectivity index (χ1) is 13.7. The number of piperazine rings is 2. The topological polar surface area (TPSA) is 25.0 Å². The van der Waals surface area contributed by atoms with E-state index in [-0.39, 0.29) is 0 Å². The molecule has 1 N–H and O–H groups in total. The van der Waals surface area contributed by atoms with Gasteiger partial charge in [0, 0.05) is 77.0 Å². The average Bonchev–Trinajstić information content (AvgIpc) is 2.69. The average molecular weight is 408 g/mol. The van der Waals surface area contributed by atoms with Crippen LogP contribution in [0.1, 0.15) is 54.4 Å². The minimum absolute atomic E-state index is 0.292. The van der Waals surface area contributed by atoms with Gasteiger partial charge >= 0.3 is 0 Å². The summed E-state index contributed by atoms with van der Waals surface area (Å²) in [4.78, 5) is 10.8. The third-order valence-corrected chi connectivity index (χ3v) is 8.04. The van der Waals surface area contributed by atoms with Crippen molar-refractivity contribution >= 4 is 0 Å². The lowest BCUT2D eigenvalue weighted by Gasteiger charge is -2.48. The standard InChI is InChI=1S/C24H49N5/c1-21(2)28-17-15-27(16-18-28)19-23(3,4)22-7-11-26(12-8-22)20-24(5,6)29-13-9-25-10-14-29/h21-22,25H,7-20H2,1-6H3. The fourth-order valence-corrected chi connectivity index (χ4v) is 5.93. The number of rotatable bonds is 7. The van der Waals surface area contributed by atoms with Crippen LogP contribution in [0.2, 0.25) is 0 Å². The summed E-state index contributed by atoms with van der Waals surface area (Å²) in [5.41, 5.74) is 0.723. The highest BCUT2D eigenvalue weighted by Gasteiger charge is 2.37. The molecule has 0 atom stereocenters. The Kier molecular flexibility index (Phi) is 8.05. The molecule has 170 valence electrons. The molecule has 5 heteroatoms. The molecule has 3 rings (SSSR count). The van der Waals surface area contributed by atoms with Gasteiger partial charge in [-0.2, -0.15) is 0 Å². The summed E-state index contributed by atoms with van der Waals surface area (Å²) < 4.78 is 0.